The number of likely N-dealkylation sites (tertiary alicyclic amines) is 1. The highest BCUT2D eigenvalue weighted by Gasteiger charge is 2.25. The molecule has 1 aliphatic rings. The predicted octanol–water partition coefficient (Wildman–Crippen LogP) is 3.82. The Labute approximate surface area is 152 Å². The number of pyridine rings is 1. The summed E-state index contributed by atoms with van der Waals surface area (Å²) in [6, 6.07) is 11.0. The molecule has 1 aromatic heterocycles. The molecule has 2 aromatic rings. The molecular formula is C19H21ClN2O3. The van der Waals surface area contributed by atoms with E-state index in [0.29, 0.717) is 30.4 Å². The SMILES string of the molecule is CCOc1ccccc1OC1CCN(C(=O)c2ccc(Cl)nc2)CC1. The summed E-state index contributed by atoms with van der Waals surface area (Å²) < 4.78 is 11.7. The van der Waals surface area contributed by atoms with Gasteiger partial charge in [0.05, 0.1) is 12.2 Å². The summed E-state index contributed by atoms with van der Waals surface area (Å²) in [5.74, 6) is 1.50. The van der Waals surface area contributed by atoms with Crippen molar-refractivity contribution in [3.8, 4) is 11.5 Å². The summed E-state index contributed by atoms with van der Waals surface area (Å²) in [5, 5.41) is 0.386. The second kappa shape index (κ2) is 8.21. The van der Waals surface area contributed by atoms with Crippen LogP contribution in [-0.4, -0.2) is 41.6 Å². The molecule has 5 nitrogen and oxygen atoms in total. The first-order valence-corrected chi connectivity index (χ1v) is 8.84. The van der Waals surface area contributed by atoms with Gasteiger partial charge in [-0.25, -0.2) is 4.98 Å². The Balaban J connectivity index is 1.57. The number of para-hydroxylation sites is 2. The number of nitrogens with zero attached hydrogens (tertiary/aromatic N) is 2. The zero-order valence-corrected chi connectivity index (χ0v) is 14.9. The summed E-state index contributed by atoms with van der Waals surface area (Å²) in [6.07, 6.45) is 3.17. The lowest BCUT2D eigenvalue weighted by molar-refractivity contribution is 0.0589. The van der Waals surface area contributed by atoms with Gasteiger partial charge in [0, 0.05) is 32.1 Å². The van der Waals surface area contributed by atoms with Gasteiger partial charge in [0.15, 0.2) is 11.5 Å². The lowest BCUT2D eigenvalue weighted by atomic mass is 10.1. The van der Waals surface area contributed by atoms with Crippen molar-refractivity contribution in [3.05, 3.63) is 53.3 Å². The van der Waals surface area contributed by atoms with Crippen LogP contribution in [0.1, 0.15) is 30.1 Å². The third-order valence-electron chi connectivity index (χ3n) is 4.15. The molecule has 0 unspecified atom stereocenters. The van der Waals surface area contributed by atoms with Gasteiger partial charge < -0.3 is 14.4 Å². The molecule has 25 heavy (non-hydrogen) atoms. The number of hydrogen-bond acceptors (Lipinski definition) is 4. The maximum atomic E-state index is 12.5. The summed E-state index contributed by atoms with van der Waals surface area (Å²) in [4.78, 5) is 18.3. The van der Waals surface area contributed by atoms with Gasteiger partial charge in [0.1, 0.15) is 11.3 Å². The molecule has 1 saturated heterocycles. The average molecular weight is 361 g/mol. The third-order valence-corrected chi connectivity index (χ3v) is 4.37. The van der Waals surface area contributed by atoms with Crippen LogP contribution >= 0.6 is 11.6 Å². The van der Waals surface area contributed by atoms with Gasteiger partial charge >= 0.3 is 0 Å². The minimum absolute atomic E-state index is 0.0164. The van der Waals surface area contributed by atoms with Crippen molar-refractivity contribution in [2.45, 2.75) is 25.9 Å². The third kappa shape index (κ3) is 4.42. The van der Waals surface area contributed by atoms with E-state index in [1.165, 1.54) is 6.20 Å². The maximum Gasteiger partial charge on any atom is 0.255 e. The fraction of sp³-hybridized carbons (Fsp3) is 0.368. The number of amides is 1. The molecule has 1 aliphatic heterocycles. The van der Waals surface area contributed by atoms with Gasteiger partial charge in [-0.3, -0.25) is 4.79 Å². The van der Waals surface area contributed by atoms with Crippen molar-refractivity contribution >= 4 is 17.5 Å². The molecule has 0 saturated carbocycles. The zero-order chi connectivity index (χ0) is 17.6. The van der Waals surface area contributed by atoms with Gasteiger partial charge in [0.25, 0.3) is 5.91 Å². The molecule has 0 N–H and O–H groups in total. The Bertz CT molecular complexity index is 713. The molecule has 132 valence electrons. The van der Waals surface area contributed by atoms with Gasteiger partial charge in [-0.15, -0.1) is 0 Å². The first-order valence-electron chi connectivity index (χ1n) is 8.46. The number of benzene rings is 1. The Morgan fingerprint density at radius 1 is 1.20 bits per heavy atom. The standard InChI is InChI=1S/C19H21ClN2O3/c1-2-24-16-5-3-4-6-17(16)25-15-9-11-22(12-10-15)19(23)14-7-8-18(20)21-13-14/h3-8,13,15H,2,9-12H2,1H3. The van der Waals surface area contributed by atoms with E-state index >= 15 is 0 Å². The van der Waals surface area contributed by atoms with Crippen LogP contribution in [0.5, 0.6) is 11.5 Å². The van der Waals surface area contributed by atoms with E-state index in [2.05, 4.69) is 4.98 Å². The molecule has 0 atom stereocenters. The molecule has 0 bridgehead atoms. The Kier molecular flexibility index (Phi) is 5.76. The summed E-state index contributed by atoms with van der Waals surface area (Å²) >= 11 is 5.77. The maximum absolute atomic E-state index is 12.5. The second-order valence-corrected chi connectivity index (χ2v) is 6.25. The molecule has 2 heterocycles. The molecular weight excluding hydrogens is 340 g/mol. The highest BCUT2D eigenvalue weighted by molar-refractivity contribution is 6.29. The van der Waals surface area contributed by atoms with Crippen LogP contribution in [0.25, 0.3) is 0 Å². The fourth-order valence-corrected chi connectivity index (χ4v) is 2.98. The van der Waals surface area contributed by atoms with E-state index in [4.69, 9.17) is 21.1 Å². The van der Waals surface area contributed by atoms with E-state index in [9.17, 15) is 4.79 Å². The van der Waals surface area contributed by atoms with Crippen LogP contribution in [0.4, 0.5) is 0 Å². The number of hydrogen-bond donors (Lipinski definition) is 0. The van der Waals surface area contributed by atoms with E-state index in [1.54, 1.807) is 12.1 Å². The van der Waals surface area contributed by atoms with E-state index in [-0.39, 0.29) is 12.0 Å². The van der Waals surface area contributed by atoms with E-state index in [0.717, 1.165) is 24.3 Å². The highest BCUT2D eigenvalue weighted by atomic mass is 35.5. The smallest absolute Gasteiger partial charge is 0.255 e. The molecule has 0 aliphatic carbocycles. The van der Waals surface area contributed by atoms with Gasteiger partial charge in [-0.2, -0.15) is 0 Å². The van der Waals surface area contributed by atoms with Crippen molar-refractivity contribution < 1.29 is 14.3 Å². The molecule has 3 rings (SSSR count). The minimum Gasteiger partial charge on any atom is -0.490 e. The summed E-state index contributed by atoms with van der Waals surface area (Å²) in [7, 11) is 0. The number of ether oxygens (including phenoxy) is 2. The lowest BCUT2D eigenvalue weighted by Gasteiger charge is -2.32. The molecule has 1 amide bonds. The normalized spacial score (nSPS) is 15.0. The van der Waals surface area contributed by atoms with Crippen molar-refractivity contribution in [2.24, 2.45) is 0 Å². The zero-order valence-electron chi connectivity index (χ0n) is 14.2. The largest absolute Gasteiger partial charge is 0.490 e. The molecule has 1 aromatic carbocycles. The summed E-state index contributed by atoms with van der Waals surface area (Å²) in [5.41, 5.74) is 0.561. The van der Waals surface area contributed by atoms with Crippen LogP contribution in [0.15, 0.2) is 42.6 Å². The summed E-state index contributed by atoms with van der Waals surface area (Å²) in [6.45, 7) is 3.86. The van der Waals surface area contributed by atoms with Crippen molar-refractivity contribution in [3.63, 3.8) is 0 Å². The number of piperidine rings is 1. The minimum atomic E-state index is -0.0164. The average Bonchev–Trinajstić information content (AvgIpc) is 2.64. The predicted molar refractivity (Wildman–Crippen MR) is 96.4 cm³/mol. The van der Waals surface area contributed by atoms with E-state index < -0.39 is 0 Å². The van der Waals surface area contributed by atoms with Crippen molar-refractivity contribution in [1.82, 2.24) is 9.88 Å². The number of rotatable bonds is 5. The lowest BCUT2D eigenvalue weighted by Crippen LogP contribution is -2.41. The Morgan fingerprint density at radius 3 is 2.56 bits per heavy atom. The van der Waals surface area contributed by atoms with Crippen LogP contribution in [0.3, 0.4) is 0 Å². The molecule has 0 radical (unpaired) electrons. The number of carbonyl (C=O) groups excluding carboxylic acids is 1. The molecule has 0 spiro atoms. The first-order chi connectivity index (χ1) is 12.2. The van der Waals surface area contributed by atoms with Crippen molar-refractivity contribution in [1.29, 1.82) is 0 Å². The Morgan fingerprint density at radius 2 is 1.92 bits per heavy atom. The molecule has 1 fully saturated rings. The van der Waals surface area contributed by atoms with Crippen LogP contribution in [0, 0.1) is 0 Å². The quantitative estimate of drug-likeness (QED) is 0.761. The Hall–Kier alpha value is -2.27. The van der Waals surface area contributed by atoms with Crippen molar-refractivity contribution in [2.75, 3.05) is 19.7 Å². The topological polar surface area (TPSA) is 51.7 Å². The number of aromatic nitrogens is 1. The van der Waals surface area contributed by atoms with Gasteiger partial charge in [-0.1, -0.05) is 23.7 Å². The highest BCUT2D eigenvalue weighted by Crippen LogP contribution is 2.29. The monoisotopic (exact) mass is 360 g/mol. The second-order valence-electron chi connectivity index (χ2n) is 5.86. The van der Waals surface area contributed by atoms with Crippen LogP contribution < -0.4 is 9.47 Å². The van der Waals surface area contributed by atoms with E-state index in [1.807, 2.05) is 36.1 Å². The molecule has 6 heteroatoms. The first kappa shape index (κ1) is 17.5. The van der Waals surface area contributed by atoms with Gasteiger partial charge in [0.2, 0.25) is 0 Å². The van der Waals surface area contributed by atoms with Gasteiger partial charge in [-0.05, 0) is 31.2 Å². The number of carbonyl (C=O) groups is 1. The van der Waals surface area contributed by atoms with Crippen LogP contribution in [-0.2, 0) is 0 Å². The van der Waals surface area contributed by atoms with Crippen LogP contribution in [0.2, 0.25) is 5.15 Å². The number of halogens is 1. The fourth-order valence-electron chi connectivity index (χ4n) is 2.86.